The van der Waals surface area contributed by atoms with E-state index in [0.29, 0.717) is 11.6 Å². The molecule has 1 aliphatic heterocycles. The lowest BCUT2D eigenvalue weighted by atomic mass is 9.96. The Morgan fingerprint density at radius 2 is 1.55 bits per heavy atom. The highest BCUT2D eigenvalue weighted by Crippen LogP contribution is 2.31. The summed E-state index contributed by atoms with van der Waals surface area (Å²) in [6.45, 7) is 5.96. The van der Waals surface area contributed by atoms with Crippen LogP contribution < -0.4 is 14.9 Å². The molecule has 0 aromatic heterocycles. The van der Waals surface area contributed by atoms with Gasteiger partial charge in [-0.15, -0.1) is 0 Å². The molecule has 0 unspecified atom stereocenters. The third-order valence-electron chi connectivity index (χ3n) is 5.88. The number of nitrogens with one attached hydrogen (secondary N) is 2. The molecule has 0 spiro atoms. The van der Waals surface area contributed by atoms with Crippen molar-refractivity contribution >= 4 is 31.4 Å². The summed E-state index contributed by atoms with van der Waals surface area (Å²) in [5.41, 5.74) is 1.37. The predicted octanol–water partition coefficient (Wildman–Crippen LogP) is 2.95. The van der Waals surface area contributed by atoms with Crippen LogP contribution in [0.2, 0.25) is 0 Å². The van der Waals surface area contributed by atoms with E-state index in [9.17, 15) is 16.8 Å². The maximum atomic E-state index is 13.0. The van der Waals surface area contributed by atoms with E-state index in [4.69, 9.17) is 0 Å². The van der Waals surface area contributed by atoms with E-state index >= 15 is 0 Å². The van der Waals surface area contributed by atoms with Gasteiger partial charge in [0, 0.05) is 27.2 Å². The zero-order chi connectivity index (χ0) is 24.1. The zero-order valence-corrected chi connectivity index (χ0v) is 21.1. The fourth-order valence-corrected chi connectivity index (χ4v) is 5.88. The molecule has 0 bridgehead atoms. The van der Waals surface area contributed by atoms with E-state index < -0.39 is 20.0 Å². The molecule has 2 aromatic carbocycles. The van der Waals surface area contributed by atoms with Gasteiger partial charge in [0.1, 0.15) is 0 Å². The number of para-hydroxylation sites is 2. The van der Waals surface area contributed by atoms with Crippen LogP contribution in [0.15, 0.2) is 58.3 Å². The van der Waals surface area contributed by atoms with Crippen LogP contribution in [0.4, 0.5) is 11.4 Å². The Bertz CT molecular complexity index is 1130. The van der Waals surface area contributed by atoms with Gasteiger partial charge in [-0.3, -0.25) is 4.72 Å². The molecule has 8 nitrogen and oxygen atoms in total. The van der Waals surface area contributed by atoms with Crippen molar-refractivity contribution in [1.29, 1.82) is 0 Å². The minimum Gasteiger partial charge on any atom is -0.370 e. The maximum Gasteiger partial charge on any atom is 0.261 e. The normalized spacial score (nSPS) is 15.7. The van der Waals surface area contributed by atoms with E-state index in [2.05, 4.69) is 21.9 Å². The molecule has 1 aliphatic rings. The second-order valence-electron chi connectivity index (χ2n) is 8.52. The summed E-state index contributed by atoms with van der Waals surface area (Å²) < 4.78 is 54.4. The first kappa shape index (κ1) is 25.5. The van der Waals surface area contributed by atoms with Crippen molar-refractivity contribution in [1.82, 2.24) is 9.62 Å². The van der Waals surface area contributed by atoms with E-state index in [1.807, 2.05) is 12.1 Å². The molecule has 0 atom stereocenters. The molecule has 33 heavy (non-hydrogen) atoms. The third kappa shape index (κ3) is 6.26. The van der Waals surface area contributed by atoms with Gasteiger partial charge in [0.05, 0.1) is 21.2 Å². The van der Waals surface area contributed by atoms with Gasteiger partial charge < -0.3 is 10.2 Å². The summed E-state index contributed by atoms with van der Waals surface area (Å²) in [5, 5.41) is 3.49. The van der Waals surface area contributed by atoms with E-state index in [-0.39, 0.29) is 9.79 Å². The minimum absolute atomic E-state index is 0.00992. The third-order valence-corrected chi connectivity index (χ3v) is 9.09. The van der Waals surface area contributed by atoms with Gasteiger partial charge in [0.15, 0.2) is 0 Å². The average Bonchev–Trinajstić information content (AvgIpc) is 2.80. The van der Waals surface area contributed by atoms with E-state index in [0.717, 1.165) is 55.4 Å². The van der Waals surface area contributed by atoms with E-state index in [1.165, 1.54) is 38.4 Å². The van der Waals surface area contributed by atoms with Gasteiger partial charge in [-0.25, -0.2) is 21.1 Å². The van der Waals surface area contributed by atoms with Crippen LogP contribution in [0, 0.1) is 5.92 Å². The average molecular weight is 495 g/mol. The van der Waals surface area contributed by atoms with Crippen molar-refractivity contribution in [3.8, 4) is 0 Å². The Balaban J connectivity index is 1.73. The topological polar surface area (TPSA) is 98.8 Å². The number of hydrogen-bond donors (Lipinski definition) is 2. The summed E-state index contributed by atoms with van der Waals surface area (Å²) in [6, 6.07) is 12.7. The summed E-state index contributed by atoms with van der Waals surface area (Å²) >= 11 is 0. The Hall–Kier alpha value is -2.14. The quantitative estimate of drug-likeness (QED) is 0.493. The molecule has 3 rings (SSSR count). The molecule has 0 amide bonds. The van der Waals surface area contributed by atoms with Gasteiger partial charge in [-0.1, -0.05) is 19.1 Å². The van der Waals surface area contributed by atoms with E-state index in [1.54, 1.807) is 12.1 Å². The fraction of sp³-hybridized carbons (Fsp3) is 0.478. The highest BCUT2D eigenvalue weighted by Gasteiger charge is 2.24. The number of sulfonamides is 2. The maximum absolute atomic E-state index is 13.0. The van der Waals surface area contributed by atoms with Crippen LogP contribution >= 0.6 is 0 Å². The molecule has 0 saturated carbocycles. The Morgan fingerprint density at radius 1 is 0.939 bits per heavy atom. The molecule has 0 radical (unpaired) electrons. The van der Waals surface area contributed by atoms with Crippen LogP contribution in [0.5, 0.6) is 0 Å². The summed E-state index contributed by atoms with van der Waals surface area (Å²) in [6.07, 6.45) is 3.24. The van der Waals surface area contributed by atoms with Crippen molar-refractivity contribution in [3.63, 3.8) is 0 Å². The van der Waals surface area contributed by atoms with Gasteiger partial charge in [-0.05, 0) is 74.7 Å². The van der Waals surface area contributed by atoms with Gasteiger partial charge in [-0.2, -0.15) is 0 Å². The predicted molar refractivity (Wildman–Crippen MR) is 133 cm³/mol. The lowest BCUT2D eigenvalue weighted by Gasteiger charge is -2.35. The van der Waals surface area contributed by atoms with Crippen molar-refractivity contribution in [2.45, 2.75) is 36.0 Å². The standard InChI is InChI=1S/C23H34N4O4S2/c1-4-15-24-18-19-13-16-27(17-14-19)23-8-6-5-7-22(23)25-32(28,29)20-9-11-21(12-10-20)33(30,31)26(2)3/h5-12,19,24-25H,4,13-18H2,1-3H3. The smallest absolute Gasteiger partial charge is 0.261 e. The van der Waals surface area contributed by atoms with Crippen molar-refractivity contribution in [2.24, 2.45) is 5.92 Å². The van der Waals surface area contributed by atoms with Gasteiger partial charge in [0.25, 0.3) is 10.0 Å². The first-order valence-corrected chi connectivity index (χ1v) is 14.2. The number of rotatable bonds is 10. The van der Waals surface area contributed by atoms with Gasteiger partial charge in [0.2, 0.25) is 10.0 Å². The fourth-order valence-electron chi connectivity index (χ4n) is 3.90. The zero-order valence-electron chi connectivity index (χ0n) is 19.5. The van der Waals surface area contributed by atoms with Crippen LogP contribution in [0.1, 0.15) is 26.2 Å². The number of hydrogen-bond acceptors (Lipinski definition) is 6. The van der Waals surface area contributed by atoms with Gasteiger partial charge >= 0.3 is 0 Å². The monoisotopic (exact) mass is 494 g/mol. The SMILES string of the molecule is CCCNCC1CCN(c2ccccc2NS(=O)(=O)c2ccc(S(=O)(=O)N(C)C)cc2)CC1. The largest absolute Gasteiger partial charge is 0.370 e. The molecule has 10 heteroatoms. The lowest BCUT2D eigenvalue weighted by Crippen LogP contribution is -2.37. The Morgan fingerprint density at radius 3 is 2.15 bits per heavy atom. The molecule has 1 saturated heterocycles. The minimum atomic E-state index is -3.88. The van der Waals surface area contributed by atoms with Crippen molar-refractivity contribution in [2.75, 3.05) is 49.9 Å². The first-order valence-electron chi connectivity index (χ1n) is 11.2. The number of benzene rings is 2. The number of piperidine rings is 1. The molecule has 1 heterocycles. The molecule has 182 valence electrons. The summed E-state index contributed by atoms with van der Waals surface area (Å²) in [7, 11) is -4.64. The highest BCUT2D eigenvalue weighted by molar-refractivity contribution is 7.92. The molecule has 2 N–H and O–H groups in total. The van der Waals surface area contributed by atoms with Crippen LogP contribution in [0.3, 0.4) is 0 Å². The summed E-state index contributed by atoms with van der Waals surface area (Å²) in [5.74, 6) is 0.633. The summed E-state index contributed by atoms with van der Waals surface area (Å²) in [4.78, 5) is 2.28. The first-order chi connectivity index (χ1) is 15.6. The molecule has 0 aliphatic carbocycles. The molecule has 1 fully saturated rings. The second kappa shape index (κ2) is 10.9. The van der Waals surface area contributed by atoms with Crippen LogP contribution in [0.25, 0.3) is 0 Å². The van der Waals surface area contributed by atoms with Crippen LogP contribution in [-0.2, 0) is 20.0 Å². The Kier molecular flexibility index (Phi) is 8.38. The molecular weight excluding hydrogens is 460 g/mol. The van der Waals surface area contributed by atoms with Crippen molar-refractivity contribution < 1.29 is 16.8 Å². The Labute approximate surface area is 198 Å². The number of nitrogens with zero attached hydrogens (tertiary/aromatic N) is 2. The van der Waals surface area contributed by atoms with Crippen LogP contribution in [-0.4, -0.2) is 61.4 Å². The lowest BCUT2D eigenvalue weighted by molar-refractivity contribution is 0.383. The molecule has 2 aromatic rings. The van der Waals surface area contributed by atoms with Crippen molar-refractivity contribution in [3.05, 3.63) is 48.5 Å². The second-order valence-corrected chi connectivity index (χ2v) is 12.4. The number of anilines is 2. The molecular formula is C23H34N4O4S2. The highest BCUT2D eigenvalue weighted by atomic mass is 32.2.